The summed E-state index contributed by atoms with van der Waals surface area (Å²) in [5, 5.41) is 3.57. The number of rotatable bonds is 2. The SMILES string of the molecule is CC.CC.CCCc1ccno1. The summed E-state index contributed by atoms with van der Waals surface area (Å²) in [6, 6.07) is 1.89. The van der Waals surface area contributed by atoms with Crippen LogP contribution in [0, 0.1) is 0 Å². The van der Waals surface area contributed by atoms with Crippen molar-refractivity contribution < 1.29 is 4.52 Å². The normalized spacial score (nSPS) is 7.42. The highest BCUT2D eigenvalue weighted by molar-refractivity contribution is 4.91. The van der Waals surface area contributed by atoms with Crippen LogP contribution in [-0.4, -0.2) is 5.16 Å². The van der Waals surface area contributed by atoms with Gasteiger partial charge in [0.15, 0.2) is 0 Å². The molecule has 1 aromatic heterocycles. The molecule has 0 N–H and O–H groups in total. The Balaban J connectivity index is 0. The first kappa shape index (κ1) is 13.8. The lowest BCUT2D eigenvalue weighted by Crippen LogP contribution is -1.74. The Kier molecular flexibility index (Phi) is 14.8. The van der Waals surface area contributed by atoms with Gasteiger partial charge in [0.1, 0.15) is 5.76 Å². The number of aromatic nitrogens is 1. The van der Waals surface area contributed by atoms with Gasteiger partial charge in [0, 0.05) is 12.5 Å². The van der Waals surface area contributed by atoms with Gasteiger partial charge in [0.2, 0.25) is 0 Å². The monoisotopic (exact) mass is 171 g/mol. The molecule has 2 nitrogen and oxygen atoms in total. The molecule has 1 rings (SSSR count). The lowest BCUT2D eigenvalue weighted by Gasteiger charge is -1.83. The molecule has 0 fully saturated rings. The zero-order valence-corrected chi connectivity index (χ0v) is 8.92. The Hall–Kier alpha value is -0.790. The summed E-state index contributed by atoms with van der Waals surface area (Å²) in [7, 11) is 0. The number of aryl methyl sites for hydroxylation is 1. The molecule has 12 heavy (non-hydrogen) atoms. The molecule has 0 spiro atoms. The van der Waals surface area contributed by atoms with Gasteiger partial charge in [0.25, 0.3) is 0 Å². The van der Waals surface area contributed by atoms with Gasteiger partial charge in [-0.1, -0.05) is 39.8 Å². The predicted molar refractivity (Wildman–Crippen MR) is 53.2 cm³/mol. The zero-order valence-electron chi connectivity index (χ0n) is 8.92. The minimum Gasteiger partial charge on any atom is -0.361 e. The van der Waals surface area contributed by atoms with E-state index in [-0.39, 0.29) is 0 Å². The van der Waals surface area contributed by atoms with E-state index in [4.69, 9.17) is 4.52 Å². The summed E-state index contributed by atoms with van der Waals surface area (Å²) in [4.78, 5) is 0. The molecule has 0 atom stereocenters. The summed E-state index contributed by atoms with van der Waals surface area (Å²) in [5.41, 5.74) is 0. The quantitative estimate of drug-likeness (QED) is 0.678. The summed E-state index contributed by atoms with van der Waals surface area (Å²) in [5.74, 6) is 0.979. The van der Waals surface area contributed by atoms with Gasteiger partial charge in [-0.15, -0.1) is 0 Å². The van der Waals surface area contributed by atoms with Crippen molar-refractivity contribution in [3.8, 4) is 0 Å². The van der Waals surface area contributed by atoms with Crippen molar-refractivity contribution in [1.82, 2.24) is 5.16 Å². The molecule has 72 valence electrons. The Morgan fingerprint density at radius 1 is 1.25 bits per heavy atom. The van der Waals surface area contributed by atoms with E-state index in [0.29, 0.717) is 0 Å². The van der Waals surface area contributed by atoms with E-state index in [0.717, 1.165) is 18.6 Å². The largest absolute Gasteiger partial charge is 0.361 e. The maximum absolute atomic E-state index is 4.82. The summed E-state index contributed by atoms with van der Waals surface area (Å²) in [6.45, 7) is 10.1. The van der Waals surface area contributed by atoms with Crippen molar-refractivity contribution in [2.24, 2.45) is 0 Å². The van der Waals surface area contributed by atoms with Crippen molar-refractivity contribution in [2.45, 2.75) is 47.5 Å². The number of hydrogen-bond acceptors (Lipinski definition) is 2. The highest BCUT2D eigenvalue weighted by Gasteiger charge is 1.90. The van der Waals surface area contributed by atoms with Gasteiger partial charge in [0.05, 0.1) is 6.20 Å². The average molecular weight is 171 g/mol. The first-order valence-corrected chi connectivity index (χ1v) is 4.83. The molecular formula is C10H21NO. The maximum atomic E-state index is 4.82. The van der Waals surface area contributed by atoms with Gasteiger partial charge in [-0.3, -0.25) is 0 Å². The molecule has 0 bridgehead atoms. The lowest BCUT2D eigenvalue weighted by atomic mass is 10.3. The molecule has 1 aromatic rings. The van der Waals surface area contributed by atoms with Crippen LogP contribution in [0.15, 0.2) is 16.8 Å². The van der Waals surface area contributed by atoms with Crippen LogP contribution < -0.4 is 0 Å². The van der Waals surface area contributed by atoms with Gasteiger partial charge >= 0.3 is 0 Å². The van der Waals surface area contributed by atoms with Crippen LogP contribution in [0.25, 0.3) is 0 Å². The first-order chi connectivity index (χ1) is 5.93. The Bertz CT molecular complexity index is 136. The van der Waals surface area contributed by atoms with Crippen LogP contribution >= 0.6 is 0 Å². The molecule has 0 amide bonds. The third-order valence-corrected chi connectivity index (χ3v) is 0.988. The standard InChI is InChI=1S/C6H9NO.2C2H6/c1-2-3-6-4-5-7-8-6;2*1-2/h4-5H,2-3H2,1H3;2*1-2H3. The molecule has 0 unspecified atom stereocenters. The second-order valence-electron chi connectivity index (χ2n) is 1.73. The first-order valence-electron chi connectivity index (χ1n) is 4.83. The van der Waals surface area contributed by atoms with Crippen LogP contribution in [0.4, 0.5) is 0 Å². The van der Waals surface area contributed by atoms with E-state index in [2.05, 4.69) is 12.1 Å². The minimum atomic E-state index is 0.979. The average Bonchev–Trinajstić information content (AvgIpc) is 2.65. The van der Waals surface area contributed by atoms with Crippen molar-refractivity contribution in [3.05, 3.63) is 18.0 Å². The van der Waals surface area contributed by atoms with Crippen LogP contribution in [-0.2, 0) is 6.42 Å². The zero-order chi connectivity index (χ0) is 9.82. The molecule has 0 aliphatic heterocycles. The smallest absolute Gasteiger partial charge is 0.136 e. The fourth-order valence-electron chi connectivity index (χ4n) is 0.617. The minimum absolute atomic E-state index is 0.979. The van der Waals surface area contributed by atoms with Crippen LogP contribution in [0.3, 0.4) is 0 Å². The summed E-state index contributed by atoms with van der Waals surface area (Å²) in [6.07, 6.45) is 3.79. The van der Waals surface area contributed by atoms with Crippen LogP contribution in [0.1, 0.15) is 46.8 Å². The van der Waals surface area contributed by atoms with Crippen molar-refractivity contribution in [2.75, 3.05) is 0 Å². The van der Waals surface area contributed by atoms with Crippen LogP contribution in [0.2, 0.25) is 0 Å². The van der Waals surface area contributed by atoms with E-state index in [9.17, 15) is 0 Å². The van der Waals surface area contributed by atoms with Crippen LogP contribution in [0.5, 0.6) is 0 Å². The lowest BCUT2D eigenvalue weighted by molar-refractivity contribution is 0.382. The molecular weight excluding hydrogens is 150 g/mol. The summed E-state index contributed by atoms with van der Waals surface area (Å²) < 4.78 is 4.82. The molecule has 0 saturated carbocycles. The van der Waals surface area contributed by atoms with Gasteiger partial charge in [-0.25, -0.2) is 0 Å². The Morgan fingerprint density at radius 3 is 2.17 bits per heavy atom. The van der Waals surface area contributed by atoms with Crippen molar-refractivity contribution in [3.63, 3.8) is 0 Å². The molecule has 0 radical (unpaired) electrons. The van der Waals surface area contributed by atoms with Gasteiger partial charge in [-0.05, 0) is 6.42 Å². The van der Waals surface area contributed by atoms with Gasteiger partial charge in [-0.2, -0.15) is 0 Å². The Labute approximate surface area is 76.0 Å². The second-order valence-corrected chi connectivity index (χ2v) is 1.73. The second kappa shape index (κ2) is 12.8. The van der Waals surface area contributed by atoms with Gasteiger partial charge < -0.3 is 4.52 Å². The highest BCUT2D eigenvalue weighted by atomic mass is 16.5. The predicted octanol–water partition coefficient (Wildman–Crippen LogP) is 3.68. The van der Waals surface area contributed by atoms with E-state index < -0.39 is 0 Å². The van der Waals surface area contributed by atoms with E-state index >= 15 is 0 Å². The Morgan fingerprint density at radius 2 is 1.83 bits per heavy atom. The number of hydrogen-bond donors (Lipinski definition) is 0. The fourth-order valence-corrected chi connectivity index (χ4v) is 0.617. The number of nitrogens with zero attached hydrogens (tertiary/aromatic N) is 1. The molecule has 2 heteroatoms. The molecule has 0 aliphatic rings. The fraction of sp³-hybridized carbons (Fsp3) is 0.700. The topological polar surface area (TPSA) is 26.0 Å². The van der Waals surface area contributed by atoms with E-state index in [1.807, 2.05) is 33.8 Å². The summed E-state index contributed by atoms with van der Waals surface area (Å²) >= 11 is 0. The van der Waals surface area contributed by atoms with E-state index in [1.165, 1.54) is 0 Å². The third-order valence-electron chi connectivity index (χ3n) is 0.988. The third kappa shape index (κ3) is 7.32. The van der Waals surface area contributed by atoms with Crippen molar-refractivity contribution >= 4 is 0 Å². The molecule has 0 saturated heterocycles. The molecule has 1 heterocycles. The maximum Gasteiger partial charge on any atom is 0.136 e. The highest BCUT2D eigenvalue weighted by Crippen LogP contribution is 1.98. The van der Waals surface area contributed by atoms with Crippen molar-refractivity contribution in [1.29, 1.82) is 0 Å². The molecule has 0 aromatic carbocycles. The van der Waals surface area contributed by atoms with E-state index in [1.54, 1.807) is 6.20 Å². The molecule has 0 aliphatic carbocycles.